The highest BCUT2D eigenvalue weighted by atomic mass is 32.2. The van der Waals surface area contributed by atoms with Crippen molar-refractivity contribution in [3.05, 3.63) is 71.3 Å². The minimum Gasteiger partial charge on any atom is -0.388 e. The van der Waals surface area contributed by atoms with Crippen molar-refractivity contribution >= 4 is 23.1 Å². The Bertz CT molecular complexity index is 972. The summed E-state index contributed by atoms with van der Waals surface area (Å²) in [7, 11) is -6.26. The summed E-state index contributed by atoms with van der Waals surface area (Å²) >= 11 is 0. The van der Waals surface area contributed by atoms with Crippen LogP contribution in [0.1, 0.15) is 0 Å². The van der Waals surface area contributed by atoms with Crippen LogP contribution in [0.2, 0.25) is 13.1 Å². The van der Waals surface area contributed by atoms with Crippen LogP contribution in [0.25, 0.3) is 0 Å². The van der Waals surface area contributed by atoms with E-state index in [-0.39, 0.29) is 23.7 Å². The molecule has 0 aromatic heterocycles. The Hall–Kier alpha value is -1.77. The molecule has 0 saturated carbocycles. The van der Waals surface area contributed by atoms with E-state index in [9.17, 15) is 13.5 Å². The minimum atomic E-state index is -3.70. The van der Waals surface area contributed by atoms with Gasteiger partial charge in [-0.3, -0.25) is 0 Å². The Morgan fingerprint density at radius 3 is 2.29 bits per heavy atom. The van der Waals surface area contributed by atoms with Crippen molar-refractivity contribution in [1.82, 2.24) is 0 Å². The third-order valence-electron chi connectivity index (χ3n) is 5.49. The number of rotatable bonds is 5. The van der Waals surface area contributed by atoms with Gasteiger partial charge in [0.2, 0.25) is 0 Å². The van der Waals surface area contributed by atoms with Gasteiger partial charge in [0, 0.05) is 4.53 Å². The molecule has 2 aliphatic rings. The van der Waals surface area contributed by atoms with Crippen LogP contribution in [0.15, 0.2) is 76.2 Å². The van der Waals surface area contributed by atoms with E-state index in [0.717, 1.165) is 5.19 Å². The molecule has 0 amide bonds. The molecule has 0 bridgehead atoms. The second-order valence-corrected chi connectivity index (χ2v) is 14.4. The largest absolute Gasteiger partial charge is 0.388 e. The van der Waals surface area contributed by atoms with E-state index < -0.39 is 30.1 Å². The molecule has 0 radical (unpaired) electrons. The van der Waals surface area contributed by atoms with Gasteiger partial charge in [-0.25, -0.2) is 8.42 Å². The summed E-state index contributed by atoms with van der Waals surface area (Å²) < 4.78 is 39.0. The van der Waals surface area contributed by atoms with Crippen molar-refractivity contribution in [2.75, 3.05) is 6.61 Å². The zero-order valence-electron chi connectivity index (χ0n) is 15.9. The second kappa shape index (κ2) is 7.24. The first-order valence-electron chi connectivity index (χ1n) is 9.35. The molecule has 0 aliphatic carbocycles. The number of fused-ring (bicyclic) bond motifs is 1. The van der Waals surface area contributed by atoms with Gasteiger partial charge >= 0.3 is 0 Å². The summed E-state index contributed by atoms with van der Waals surface area (Å²) in [6.07, 6.45) is 0.0565. The summed E-state index contributed by atoms with van der Waals surface area (Å²) in [5, 5.41) is 10.9. The number of aliphatic hydroxyl groups excluding tert-OH is 1. The fourth-order valence-electron chi connectivity index (χ4n) is 3.76. The Labute approximate surface area is 166 Å². The maximum atomic E-state index is 13.6. The van der Waals surface area contributed by atoms with Gasteiger partial charge < -0.3 is 14.6 Å². The molecule has 2 aromatic carbocycles. The molecule has 148 valence electrons. The molecule has 1 N–H and O–H groups in total. The molecule has 2 saturated heterocycles. The maximum Gasteiger partial charge on any atom is 0.199 e. The summed E-state index contributed by atoms with van der Waals surface area (Å²) in [4.78, 5) is 0.280. The van der Waals surface area contributed by atoms with Gasteiger partial charge in [-0.2, -0.15) is 0 Å². The average molecular weight is 417 g/mol. The van der Waals surface area contributed by atoms with E-state index in [0.29, 0.717) is 4.53 Å². The van der Waals surface area contributed by atoms with Crippen LogP contribution in [0.4, 0.5) is 0 Å². The molecular weight excluding hydrogens is 392 g/mol. The average Bonchev–Trinajstić information content (AvgIpc) is 3.50. The molecule has 5 nitrogen and oxygen atoms in total. The van der Waals surface area contributed by atoms with Gasteiger partial charge in [-0.1, -0.05) is 66.8 Å². The highest BCUT2D eigenvalue weighted by Gasteiger charge is 2.53. The molecule has 2 aliphatic heterocycles. The fraction of sp³-hybridized carbons (Fsp3) is 0.333. The number of hydrogen-bond donors (Lipinski definition) is 1. The molecule has 2 aromatic rings. The van der Waals surface area contributed by atoms with Gasteiger partial charge in [-0.15, -0.1) is 0 Å². The van der Waals surface area contributed by atoms with Crippen LogP contribution in [0, 0.1) is 0 Å². The first kappa shape index (κ1) is 19.5. The zero-order valence-corrected chi connectivity index (χ0v) is 17.7. The summed E-state index contributed by atoms with van der Waals surface area (Å²) in [5.74, 6) is 0. The van der Waals surface area contributed by atoms with Gasteiger partial charge in [-0.05, 0) is 18.2 Å². The standard InChI is InChI=1S/C21H24O5SSi/c1-28(2,16-11-7-4-8-12-16)19(27(23,24)15-9-5-3-6-10-15)13-18-21-20(26-21)17(22)14-25-18/h3-13,17-18,20-22H,14H2,1-2H3/b19-13+/t17-,18+,20-,21+/m1/s1. The highest BCUT2D eigenvalue weighted by Crippen LogP contribution is 2.37. The fourth-order valence-corrected chi connectivity index (χ4v) is 10.1. The third kappa shape index (κ3) is 3.49. The molecule has 7 heteroatoms. The number of hydrogen-bond acceptors (Lipinski definition) is 5. The number of epoxide rings is 1. The molecule has 2 fully saturated rings. The third-order valence-corrected chi connectivity index (χ3v) is 12.6. The molecule has 0 unspecified atom stereocenters. The van der Waals surface area contributed by atoms with Gasteiger partial charge in [0.25, 0.3) is 0 Å². The number of ether oxygens (including phenoxy) is 2. The number of sulfone groups is 1. The normalized spacial score (nSPS) is 27.9. The lowest BCUT2D eigenvalue weighted by molar-refractivity contribution is -0.0160. The summed E-state index contributed by atoms with van der Waals surface area (Å²) in [6, 6.07) is 18.3. The second-order valence-electron chi connectivity index (χ2n) is 7.77. The van der Waals surface area contributed by atoms with Crippen molar-refractivity contribution < 1.29 is 23.0 Å². The van der Waals surface area contributed by atoms with Crippen LogP contribution in [0.3, 0.4) is 0 Å². The topological polar surface area (TPSA) is 76.1 Å². The van der Waals surface area contributed by atoms with Crippen LogP contribution >= 0.6 is 0 Å². The summed E-state index contributed by atoms with van der Waals surface area (Å²) in [6.45, 7) is 4.23. The van der Waals surface area contributed by atoms with E-state index in [1.807, 2.05) is 43.4 Å². The predicted molar refractivity (Wildman–Crippen MR) is 110 cm³/mol. The Balaban J connectivity index is 1.81. The van der Waals surface area contributed by atoms with Gasteiger partial charge in [0.15, 0.2) is 9.84 Å². The smallest absolute Gasteiger partial charge is 0.199 e. The highest BCUT2D eigenvalue weighted by molar-refractivity contribution is 7.98. The van der Waals surface area contributed by atoms with Crippen molar-refractivity contribution in [2.24, 2.45) is 0 Å². The maximum absolute atomic E-state index is 13.6. The summed E-state index contributed by atoms with van der Waals surface area (Å²) in [5.41, 5.74) is 0. The molecule has 4 rings (SSSR count). The Kier molecular flexibility index (Phi) is 5.05. The van der Waals surface area contributed by atoms with Crippen LogP contribution in [-0.4, -0.2) is 52.6 Å². The predicted octanol–water partition coefficient (Wildman–Crippen LogP) is 2.03. The van der Waals surface area contributed by atoms with Crippen LogP contribution in [-0.2, 0) is 19.3 Å². The molecule has 2 heterocycles. The zero-order chi connectivity index (χ0) is 19.9. The van der Waals surface area contributed by atoms with E-state index in [2.05, 4.69) is 0 Å². The molecule has 28 heavy (non-hydrogen) atoms. The first-order chi connectivity index (χ1) is 13.3. The van der Waals surface area contributed by atoms with Crippen molar-refractivity contribution in [3.8, 4) is 0 Å². The van der Waals surface area contributed by atoms with E-state index in [1.165, 1.54) is 0 Å². The molecule has 0 spiro atoms. The monoisotopic (exact) mass is 416 g/mol. The Morgan fingerprint density at radius 1 is 1.04 bits per heavy atom. The van der Waals surface area contributed by atoms with Gasteiger partial charge in [0.1, 0.15) is 32.5 Å². The van der Waals surface area contributed by atoms with Crippen molar-refractivity contribution in [2.45, 2.75) is 42.4 Å². The molecule has 4 atom stereocenters. The lowest BCUT2D eigenvalue weighted by Gasteiger charge is -2.29. The van der Waals surface area contributed by atoms with Gasteiger partial charge in [0.05, 0.1) is 11.5 Å². The van der Waals surface area contributed by atoms with Crippen molar-refractivity contribution in [1.29, 1.82) is 0 Å². The lowest BCUT2D eigenvalue weighted by Crippen LogP contribution is -2.47. The lowest BCUT2D eigenvalue weighted by atomic mass is 10.1. The van der Waals surface area contributed by atoms with E-state index in [4.69, 9.17) is 9.47 Å². The van der Waals surface area contributed by atoms with Crippen LogP contribution in [0.5, 0.6) is 0 Å². The Morgan fingerprint density at radius 2 is 1.64 bits per heavy atom. The SMILES string of the molecule is C[Si](C)(/C(=C/[C@@H]1OC[C@@H](O)[C@H]2O[C@H]21)S(=O)(=O)c1ccccc1)c1ccccc1. The minimum absolute atomic E-state index is 0.147. The first-order valence-corrected chi connectivity index (χ1v) is 13.8. The molecular formula is C21H24O5SSi. The quantitative estimate of drug-likeness (QED) is 0.596. The number of benzene rings is 2. The van der Waals surface area contributed by atoms with E-state index >= 15 is 0 Å². The van der Waals surface area contributed by atoms with E-state index in [1.54, 1.807) is 36.4 Å². The van der Waals surface area contributed by atoms with Crippen LogP contribution < -0.4 is 5.19 Å². The van der Waals surface area contributed by atoms with Crippen molar-refractivity contribution in [3.63, 3.8) is 0 Å². The number of aliphatic hydroxyl groups is 1.